The van der Waals surface area contributed by atoms with Gasteiger partial charge in [0.25, 0.3) is 0 Å². The zero-order valence-electron chi connectivity index (χ0n) is 18.1. The van der Waals surface area contributed by atoms with Crippen LogP contribution in [-0.2, 0) is 11.3 Å². The Morgan fingerprint density at radius 2 is 2.14 bits per heavy atom. The molecule has 1 aliphatic heterocycles. The molecule has 0 aromatic heterocycles. The van der Waals surface area contributed by atoms with Crippen LogP contribution in [0.1, 0.15) is 46.1 Å². The summed E-state index contributed by atoms with van der Waals surface area (Å²) in [5, 5.41) is 16.6. The van der Waals surface area contributed by atoms with Gasteiger partial charge in [-0.1, -0.05) is 6.07 Å². The van der Waals surface area contributed by atoms with Crippen LogP contribution >= 0.6 is 0 Å². The van der Waals surface area contributed by atoms with Gasteiger partial charge in [0.2, 0.25) is 0 Å². The third-order valence-corrected chi connectivity index (χ3v) is 4.42. The Labute approximate surface area is 173 Å². The Morgan fingerprint density at radius 3 is 2.76 bits per heavy atom. The maximum Gasteiger partial charge on any atom is 0.410 e. The lowest BCUT2D eigenvalue weighted by molar-refractivity contribution is 0.0193. The Hall–Kier alpha value is -2.64. The average molecular weight is 407 g/mol. The van der Waals surface area contributed by atoms with Crippen LogP contribution < -0.4 is 15.4 Å². The van der Waals surface area contributed by atoms with Crippen molar-refractivity contribution in [2.45, 2.75) is 58.7 Å². The lowest BCUT2D eigenvalue weighted by Crippen LogP contribution is -2.53. The molecule has 8 heteroatoms. The van der Waals surface area contributed by atoms with E-state index in [4.69, 9.17) is 9.47 Å². The number of aromatic hydroxyl groups is 1. The van der Waals surface area contributed by atoms with Crippen molar-refractivity contribution in [1.82, 2.24) is 15.5 Å². The number of ether oxygens (including phenoxy) is 2. The summed E-state index contributed by atoms with van der Waals surface area (Å²) in [5.74, 6) is 1.21. The van der Waals surface area contributed by atoms with Crippen LogP contribution in [0, 0.1) is 0 Å². The Balaban J connectivity index is 1.99. The van der Waals surface area contributed by atoms with E-state index in [0.717, 1.165) is 24.9 Å². The molecule has 162 valence electrons. The third-order valence-electron chi connectivity index (χ3n) is 4.42. The van der Waals surface area contributed by atoms with Crippen molar-refractivity contribution in [2.75, 3.05) is 26.7 Å². The Bertz CT molecular complexity index is 715. The SMILES string of the molecule is CCNC(=NCc1ccc(OC)c(O)c1)NC1CCCN(C(=O)OC(C)(C)C)C1. The Morgan fingerprint density at radius 1 is 1.38 bits per heavy atom. The number of piperidine rings is 1. The fourth-order valence-electron chi connectivity index (χ4n) is 3.10. The van der Waals surface area contributed by atoms with Crippen molar-refractivity contribution >= 4 is 12.1 Å². The smallest absolute Gasteiger partial charge is 0.410 e. The van der Waals surface area contributed by atoms with E-state index in [9.17, 15) is 9.90 Å². The summed E-state index contributed by atoms with van der Waals surface area (Å²) in [6, 6.07) is 5.34. The molecule has 2 rings (SSSR count). The van der Waals surface area contributed by atoms with E-state index in [-0.39, 0.29) is 17.9 Å². The normalized spacial score (nSPS) is 17.6. The lowest BCUT2D eigenvalue weighted by Gasteiger charge is -2.35. The molecule has 0 radical (unpaired) electrons. The molecule has 8 nitrogen and oxygen atoms in total. The molecule has 1 aliphatic rings. The fourth-order valence-corrected chi connectivity index (χ4v) is 3.10. The zero-order valence-corrected chi connectivity index (χ0v) is 18.1. The summed E-state index contributed by atoms with van der Waals surface area (Å²) in [6.45, 7) is 10.0. The average Bonchev–Trinajstić information content (AvgIpc) is 2.65. The first-order chi connectivity index (χ1) is 13.7. The van der Waals surface area contributed by atoms with Gasteiger partial charge in [-0.15, -0.1) is 0 Å². The number of nitrogens with one attached hydrogen (secondary N) is 2. The molecule has 0 spiro atoms. The van der Waals surface area contributed by atoms with Gasteiger partial charge in [0.05, 0.1) is 13.7 Å². The molecule has 1 unspecified atom stereocenters. The first kappa shape index (κ1) is 22.6. The van der Waals surface area contributed by atoms with Crippen molar-refractivity contribution in [3.8, 4) is 11.5 Å². The zero-order chi connectivity index (χ0) is 21.4. The molecule has 0 bridgehead atoms. The molecule has 29 heavy (non-hydrogen) atoms. The topological polar surface area (TPSA) is 95.4 Å². The third kappa shape index (κ3) is 7.36. The van der Waals surface area contributed by atoms with Gasteiger partial charge in [-0.05, 0) is 58.2 Å². The van der Waals surface area contributed by atoms with Gasteiger partial charge in [0.1, 0.15) is 5.60 Å². The number of carbonyl (C=O) groups is 1. The second kappa shape index (κ2) is 10.2. The van der Waals surface area contributed by atoms with E-state index < -0.39 is 5.60 Å². The highest BCUT2D eigenvalue weighted by Crippen LogP contribution is 2.26. The van der Waals surface area contributed by atoms with Gasteiger partial charge in [0, 0.05) is 25.7 Å². The van der Waals surface area contributed by atoms with Gasteiger partial charge in [-0.25, -0.2) is 9.79 Å². The van der Waals surface area contributed by atoms with Crippen molar-refractivity contribution in [1.29, 1.82) is 0 Å². The number of carbonyl (C=O) groups excluding carboxylic acids is 1. The van der Waals surface area contributed by atoms with E-state index in [1.165, 1.54) is 7.11 Å². The van der Waals surface area contributed by atoms with Crippen LogP contribution in [0.3, 0.4) is 0 Å². The molecular weight excluding hydrogens is 372 g/mol. The van der Waals surface area contributed by atoms with Crippen LogP contribution in [0.25, 0.3) is 0 Å². The molecule has 0 aliphatic carbocycles. The van der Waals surface area contributed by atoms with Gasteiger partial charge in [-0.2, -0.15) is 0 Å². The predicted molar refractivity (Wildman–Crippen MR) is 113 cm³/mol. The van der Waals surface area contributed by atoms with Crippen LogP contribution in [0.2, 0.25) is 0 Å². The summed E-state index contributed by atoms with van der Waals surface area (Å²) in [4.78, 5) is 18.7. The molecule has 0 saturated carbocycles. The number of benzene rings is 1. The second-order valence-corrected chi connectivity index (χ2v) is 8.11. The minimum absolute atomic E-state index is 0.0957. The molecular formula is C21H34N4O4. The monoisotopic (exact) mass is 406 g/mol. The van der Waals surface area contributed by atoms with Crippen molar-refractivity contribution < 1.29 is 19.4 Å². The van der Waals surface area contributed by atoms with E-state index in [1.807, 2.05) is 33.8 Å². The minimum atomic E-state index is -0.502. The number of methoxy groups -OCH3 is 1. The summed E-state index contributed by atoms with van der Waals surface area (Å²) < 4.78 is 10.6. The molecule has 3 N–H and O–H groups in total. The number of amides is 1. The molecule has 1 aromatic rings. The number of nitrogens with zero attached hydrogens (tertiary/aromatic N) is 2. The number of likely N-dealkylation sites (tertiary alicyclic amines) is 1. The van der Waals surface area contributed by atoms with Gasteiger partial charge < -0.3 is 30.1 Å². The predicted octanol–water partition coefficient (Wildman–Crippen LogP) is 2.86. The molecule has 1 atom stereocenters. The summed E-state index contributed by atoms with van der Waals surface area (Å²) in [7, 11) is 1.52. The number of rotatable bonds is 5. The van der Waals surface area contributed by atoms with E-state index >= 15 is 0 Å². The van der Waals surface area contributed by atoms with Gasteiger partial charge in [0.15, 0.2) is 17.5 Å². The highest BCUT2D eigenvalue weighted by Gasteiger charge is 2.28. The second-order valence-electron chi connectivity index (χ2n) is 8.11. The molecule has 1 saturated heterocycles. The first-order valence-corrected chi connectivity index (χ1v) is 10.1. The molecule has 1 aromatic carbocycles. The van der Waals surface area contributed by atoms with Crippen LogP contribution in [0.4, 0.5) is 4.79 Å². The maximum absolute atomic E-state index is 12.4. The number of hydrogen-bond donors (Lipinski definition) is 3. The minimum Gasteiger partial charge on any atom is -0.504 e. The van der Waals surface area contributed by atoms with E-state index in [0.29, 0.717) is 31.3 Å². The number of hydrogen-bond acceptors (Lipinski definition) is 5. The van der Waals surface area contributed by atoms with Crippen LogP contribution in [-0.4, -0.2) is 60.4 Å². The van der Waals surface area contributed by atoms with Crippen LogP contribution in [0.5, 0.6) is 11.5 Å². The fraction of sp³-hybridized carbons (Fsp3) is 0.619. The number of phenols is 1. The van der Waals surface area contributed by atoms with Crippen LogP contribution in [0.15, 0.2) is 23.2 Å². The van der Waals surface area contributed by atoms with E-state index in [1.54, 1.807) is 17.0 Å². The van der Waals surface area contributed by atoms with Crippen molar-refractivity contribution in [3.05, 3.63) is 23.8 Å². The maximum atomic E-state index is 12.4. The summed E-state index contributed by atoms with van der Waals surface area (Å²) >= 11 is 0. The standard InChI is InChI=1S/C21H34N4O4/c1-6-22-19(23-13-15-9-10-18(28-5)17(26)12-15)24-16-8-7-11-25(14-16)20(27)29-21(2,3)4/h9-10,12,16,26H,6-8,11,13-14H2,1-5H3,(H2,22,23,24). The van der Waals surface area contributed by atoms with Gasteiger partial charge in [-0.3, -0.25) is 0 Å². The highest BCUT2D eigenvalue weighted by atomic mass is 16.6. The number of aliphatic imine (C=N–C) groups is 1. The van der Waals surface area contributed by atoms with Crippen molar-refractivity contribution in [2.24, 2.45) is 4.99 Å². The molecule has 1 fully saturated rings. The largest absolute Gasteiger partial charge is 0.504 e. The van der Waals surface area contributed by atoms with Crippen molar-refractivity contribution in [3.63, 3.8) is 0 Å². The lowest BCUT2D eigenvalue weighted by atomic mass is 10.1. The van der Waals surface area contributed by atoms with E-state index in [2.05, 4.69) is 15.6 Å². The number of phenolic OH excluding ortho intramolecular Hbond substituents is 1. The number of guanidine groups is 1. The molecule has 1 heterocycles. The summed E-state index contributed by atoms with van der Waals surface area (Å²) in [6.07, 6.45) is 1.58. The highest BCUT2D eigenvalue weighted by molar-refractivity contribution is 5.80. The quantitative estimate of drug-likeness (QED) is 0.514. The summed E-state index contributed by atoms with van der Waals surface area (Å²) in [5.41, 5.74) is 0.372. The molecule has 1 amide bonds. The first-order valence-electron chi connectivity index (χ1n) is 10.1. The van der Waals surface area contributed by atoms with Gasteiger partial charge >= 0.3 is 6.09 Å². The Kier molecular flexibility index (Phi) is 7.99.